The smallest absolute Gasteiger partial charge is 0.201 e. The number of hydrogen-bond acceptors (Lipinski definition) is 4. The number of rotatable bonds is 7. The zero-order chi connectivity index (χ0) is 19.4. The Kier molecular flexibility index (Phi) is 6.25. The van der Waals surface area contributed by atoms with Gasteiger partial charge < -0.3 is 4.98 Å². The van der Waals surface area contributed by atoms with Crippen molar-refractivity contribution in [1.29, 1.82) is 0 Å². The van der Waals surface area contributed by atoms with Crippen molar-refractivity contribution >= 4 is 33.5 Å². The lowest BCUT2D eigenvalue weighted by Crippen LogP contribution is -2.45. The molecule has 0 saturated heterocycles. The molecule has 2 rings (SSSR count). The van der Waals surface area contributed by atoms with Crippen LogP contribution in [0, 0.1) is 6.92 Å². The van der Waals surface area contributed by atoms with E-state index in [0.29, 0.717) is 0 Å². The summed E-state index contributed by atoms with van der Waals surface area (Å²) in [4.78, 5) is 5.56. The Balaban J connectivity index is 2.25. The van der Waals surface area contributed by atoms with Crippen LogP contribution in [0.2, 0.25) is 39.3 Å². The van der Waals surface area contributed by atoms with Crippen LogP contribution in [0.4, 0.5) is 17.1 Å². The maximum absolute atomic E-state index is 4.56. The van der Waals surface area contributed by atoms with Crippen molar-refractivity contribution < 1.29 is 0 Å². The summed E-state index contributed by atoms with van der Waals surface area (Å²) in [6, 6.07) is 16.4. The van der Waals surface area contributed by atoms with Crippen molar-refractivity contribution in [3.05, 3.63) is 54.1 Å². The molecule has 0 unspecified atom stereocenters. The van der Waals surface area contributed by atoms with Crippen molar-refractivity contribution in [1.82, 2.24) is 4.78 Å². The van der Waals surface area contributed by atoms with Crippen molar-refractivity contribution in [2.75, 3.05) is 10.4 Å². The van der Waals surface area contributed by atoms with Gasteiger partial charge in [-0.1, -0.05) is 54.7 Å². The van der Waals surface area contributed by atoms with Gasteiger partial charge in [-0.25, -0.2) is 4.78 Å². The zero-order valence-corrected chi connectivity index (χ0v) is 19.0. The first-order valence-electron chi connectivity index (χ1n) is 8.97. The van der Waals surface area contributed by atoms with Gasteiger partial charge in [-0.05, 0) is 50.8 Å². The normalized spacial score (nSPS) is 12.3. The van der Waals surface area contributed by atoms with E-state index in [1.54, 1.807) is 0 Å². The summed E-state index contributed by atoms with van der Waals surface area (Å²) in [6.45, 7) is 15.6. The second-order valence-electron chi connectivity index (χ2n) is 8.54. The second kappa shape index (κ2) is 8.05. The molecule has 2 aromatic carbocycles. The average molecular weight is 386 g/mol. The highest BCUT2D eigenvalue weighted by atomic mass is 28.3. The maximum Gasteiger partial charge on any atom is 0.201 e. The number of aryl methyl sites for hydroxylation is 1. The van der Waals surface area contributed by atoms with Crippen LogP contribution < -0.4 is 10.4 Å². The first kappa shape index (κ1) is 20.2. The molecule has 0 atom stereocenters. The maximum atomic E-state index is 4.56. The van der Waals surface area contributed by atoms with Crippen molar-refractivity contribution in [2.24, 2.45) is 10.3 Å². The molecule has 0 bridgehead atoms. The highest BCUT2D eigenvalue weighted by Gasteiger charge is 2.24. The largest absolute Gasteiger partial charge is 0.409 e. The van der Waals surface area contributed by atoms with E-state index >= 15 is 0 Å². The van der Waals surface area contributed by atoms with Gasteiger partial charge in [0.2, 0.25) is 8.24 Å². The van der Waals surface area contributed by atoms with Gasteiger partial charge in [-0.3, -0.25) is 5.43 Å². The Morgan fingerprint density at radius 2 is 1.46 bits per heavy atom. The molecule has 26 heavy (non-hydrogen) atoms. The van der Waals surface area contributed by atoms with E-state index in [0.717, 1.165) is 17.1 Å². The van der Waals surface area contributed by atoms with Crippen LogP contribution in [-0.4, -0.2) is 21.3 Å². The number of nitrogens with zero attached hydrogens (tertiary/aromatic N) is 3. The molecule has 0 fully saturated rings. The van der Waals surface area contributed by atoms with Gasteiger partial charge in [0.05, 0.1) is 11.4 Å². The van der Waals surface area contributed by atoms with Crippen LogP contribution in [0.3, 0.4) is 0 Å². The summed E-state index contributed by atoms with van der Waals surface area (Å²) in [5.74, 6) is 0. The second-order valence-corrected chi connectivity index (χ2v) is 18.1. The van der Waals surface area contributed by atoms with Gasteiger partial charge in [0.15, 0.2) is 0 Å². The fraction of sp³-hybridized carbons (Fsp3) is 0.368. The van der Waals surface area contributed by atoms with Gasteiger partial charge in [0.25, 0.3) is 0 Å². The van der Waals surface area contributed by atoms with Crippen molar-refractivity contribution in [3.8, 4) is 0 Å². The average Bonchev–Trinajstić information content (AvgIpc) is 2.52. The minimum Gasteiger partial charge on any atom is -0.409 e. The first-order valence-corrected chi connectivity index (χ1v) is 15.9. The molecule has 2 N–H and O–H groups in total. The molecule has 140 valence electrons. The number of benzene rings is 2. The predicted octanol–water partition coefficient (Wildman–Crippen LogP) is 6.40. The Labute approximate surface area is 159 Å². The van der Waals surface area contributed by atoms with Gasteiger partial charge >= 0.3 is 0 Å². The Morgan fingerprint density at radius 1 is 0.846 bits per heavy atom. The van der Waals surface area contributed by atoms with Gasteiger partial charge in [-0.15, -0.1) is 5.11 Å². The van der Waals surface area contributed by atoms with E-state index in [4.69, 9.17) is 0 Å². The van der Waals surface area contributed by atoms with Gasteiger partial charge in [0, 0.05) is 0 Å². The summed E-state index contributed by atoms with van der Waals surface area (Å²) in [5, 5.41) is 9.11. The van der Waals surface area contributed by atoms with Crippen LogP contribution >= 0.6 is 0 Å². The quantitative estimate of drug-likeness (QED) is 0.329. The lowest BCUT2D eigenvalue weighted by atomic mass is 10.2. The summed E-state index contributed by atoms with van der Waals surface area (Å²) < 4.78 is 0. The van der Waals surface area contributed by atoms with Crippen LogP contribution in [0.1, 0.15) is 5.56 Å². The third-order valence-corrected chi connectivity index (χ3v) is 6.07. The van der Waals surface area contributed by atoms with Crippen LogP contribution in [0.25, 0.3) is 0 Å². The molecule has 0 aliphatic rings. The molecule has 0 saturated carbocycles. The summed E-state index contributed by atoms with van der Waals surface area (Å²) in [7, 11) is -3.21. The third-order valence-electron chi connectivity index (χ3n) is 3.58. The Hall–Kier alpha value is -2.13. The lowest BCUT2D eigenvalue weighted by molar-refractivity contribution is 0.502. The molecule has 7 heteroatoms. The minimum atomic E-state index is -1.75. The lowest BCUT2D eigenvalue weighted by Gasteiger charge is -2.31. The van der Waals surface area contributed by atoms with Gasteiger partial charge in [0.1, 0.15) is 13.9 Å². The number of hydrazine groups is 1. The van der Waals surface area contributed by atoms with E-state index in [1.165, 1.54) is 5.56 Å². The van der Waals surface area contributed by atoms with E-state index in [-0.39, 0.29) is 0 Å². The standard InChI is InChI=1S/C19H31N5Si2/c1-16-12-14-17(15-13-16)21-24(26(5,6)7)23-20-18-10-8-9-11-19(18)22-25(2,3)4/h8-15,21-22H,1-7H3. The summed E-state index contributed by atoms with van der Waals surface area (Å²) >= 11 is 0. The number of hydrogen-bond donors (Lipinski definition) is 2. The molecule has 0 aliphatic carbocycles. The van der Waals surface area contributed by atoms with E-state index < -0.39 is 16.5 Å². The highest BCUT2D eigenvalue weighted by Crippen LogP contribution is 2.27. The van der Waals surface area contributed by atoms with Crippen molar-refractivity contribution in [2.45, 2.75) is 46.2 Å². The molecule has 0 spiro atoms. The van der Waals surface area contributed by atoms with Gasteiger partial charge in [-0.2, -0.15) is 0 Å². The zero-order valence-electron chi connectivity index (χ0n) is 17.0. The van der Waals surface area contributed by atoms with E-state index in [9.17, 15) is 0 Å². The SMILES string of the molecule is Cc1ccc(NN(N=Nc2ccccc2N[Si](C)(C)C)[Si](C)(C)C)cc1. The monoisotopic (exact) mass is 385 g/mol. The van der Waals surface area contributed by atoms with Crippen LogP contribution in [-0.2, 0) is 0 Å². The first-order chi connectivity index (χ1) is 12.0. The fourth-order valence-electron chi connectivity index (χ4n) is 2.24. The molecule has 2 aromatic rings. The fourth-order valence-corrected chi connectivity index (χ4v) is 4.04. The highest BCUT2D eigenvalue weighted by molar-refractivity contribution is 6.79. The molecule has 0 heterocycles. The Morgan fingerprint density at radius 3 is 2.04 bits per heavy atom. The third kappa shape index (κ3) is 6.31. The molecular weight excluding hydrogens is 354 g/mol. The molecule has 0 aromatic heterocycles. The molecular formula is C19H31N5Si2. The van der Waals surface area contributed by atoms with Crippen molar-refractivity contribution in [3.63, 3.8) is 0 Å². The predicted molar refractivity (Wildman–Crippen MR) is 118 cm³/mol. The minimum absolute atomic E-state index is 0.865. The topological polar surface area (TPSA) is 52.0 Å². The molecule has 0 radical (unpaired) electrons. The van der Waals surface area contributed by atoms with E-state index in [1.807, 2.05) is 23.0 Å². The van der Waals surface area contributed by atoms with Crippen LogP contribution in [0.5, 0.6) is 0 Å². The Bertz CT molecular complexity index is 746. The molecule has 0 aliphatic heterocycles. The molecule has 5 nitrogen and oxygen atoms in total. The summed E-state index contributed by atoms with van der Waals surface area (Å²) in [5.41, 5.74) is 7.57. The number of para-hydroxylation sites is 1. The van der Waals surface area contributed by atoms with E-state index in [2.05, 4.69) is 97.3 Å². The molecule has 0 amide bonds. The number of anilines is 2. The summed E-state index contributed by atoms with van der Waals surface area (Å²) in [6.07, 6.45) is 0. The van der Waals surface area contributed by atoms with Crippen LogP contribution in [0.15, 0.2) is 58.9 Å². The number of nitrogens with one attached hydrogen (secondary N) is 2.